The first-order chi connectivity index (χ1) is 18.2. The topological polar surface area (TPSA) is 92.3 Å². The zero-order valence-corrected chi connectivity index (χ0v) is 25.7. The van der Waals surface area contributed by atoms with E-state index in [1.54, 1.807) is 14.2 Å². The molecule has 0 spiro atoms. The zero-order chi connectivity index (χ0) is 29.4. The normalized spacial score (nSPS) is 18.7. The van der Waals surface area contributed by atoms with Crippen molar-refractivity contribution < 1.29 is 33.3 Å². The Morgan fingerprint density at radius 3 is 2.26 bits per heavy atom. The van der Waals surface area contributed by atoms with Crippen molar-refractivity contribution in [1.29, 1.82) is 0 Å². The Bertz CT molecular complexity index is 929. The van der Waals surface area contributed by atoms with Crippen molar-refractivity contribution in [3.63, 3.8) is 0 Å². The molecule has 1 saturated heterocycles. The number of nitrogens with one attached hydrogen (secondary N) is 1. The number of esters is 1. The van der Waals surface area contributed by atoms with E-state index in [9.17, 15) is 9.59 Å². The van der Waals surface area contributed by atoms with E-state index in [4.69, 9.17) is 23.7 Å². The molecular weight excluding hydrogens is 498 g/mol. The summed E-state index contributed by atoms with van der Waals surface area (Å²) < 4.78 is 28.1. The van der Waals surface area contributed by atoms with Crippen molar-refractivity contribution in [3.8, 4) is 11.5 Å². The molecule has 2 rings (SSSR count). The third-order valence-corrected chi connectivity index (χ3v) is 7.82. The van der Waals surface area contributed by atoms with E-state index < -0.39 is 17.8 Å². The van der Waals surface area contributed by atoms with Gasteiger partial charge in [-0.05, 0) is 75.0 Å². The van der Waals surface area contributed by atoms with Crippen molar-refractivity contribution in [2.45, 2.75) is 98.8 Å². The van der Waals surface area contributed by atoms with Crippen LogP contribution in [0, 0.1) is 23.2 Å². The molecule has 0 aliphatic carbocycles. The Kier molecular flexibility index (Phi) is 12.0. The van der Waals surface area contributed by atoms with Gasteiger partial charge >= 0.3 is 12.1 Å². The molecular formula is C31H51NO7. The number of hydrogen-bond acceptors (Lipinski definition) is 7. The fourth-order valence-electron chi connectivity index (χ4n) is 5.48. The van der Waals surface area contributed by atoms with Crippen molar-refractivity contribution in [3.05, 3.63) is 23.8 Å². The lowest BCUT2D eigenvalue weighted by Crippen LogP contribution is -2.51. The minimum atomic E-state index is -0.635. The summed E-state index contributed by atoms with van der Waals surface area (Å²) in [7, 11) is 3.32. The molecule has 222 valence electrons. The smallest absolute Gasteiger partial charge is 0.408 e. The number of rotatable bonds is 14. The second-order valence-corrected chi connectivity index (χ2v) is 12.5. The van der Waals surface area contributed by atoms with Crippen molar-refractivity contribution >= 4 is 12.1 Å². The highest BCUT2D eigenvalue weighted by Gasteiger charge is 2.45. The zero-order valence-electron chi connectivity index (χ0n) is 25.7. The molecule has 1 unspecified atom stereocenters. The van der Waals surface area contributed by atoms with E-state index in [0.29, 0.717) is 37.6 Å². The molecule has 1 N–H and O–H groups in total. The van der Waals surface area contributed by atoms with Crippen LogP contribution in [0.4, 0.5) is 4.79 Å². The number of ether oxygens (including phenoxy) is 5. The summed E-state index contributed by atoms with van der Waals surface area (Å²) in [5, 5.41) is 3.08. The van der Waals surface area contributed by atoms with Gasteiger partial charge in [0.1, 0.15) is 11.7 Å². The minimum Gasteiger partial charge on any atom is -0.493 e. The predicted octanol–water partition coefficient (Wildman–Crippen LogP) is 6.19. The molecule has 1 amide bonds. The molecule has 0 radical (unpaired) electrons. The van der Waals surface area contributed by atoms with E-state index in [1.165, 1.54) is 0 Å². The fourth-order valence-corrected chi connectivity index (χ4v) is 5.48. The van der Waals surface area contributed by atoms with Crippen molar-refractivity contribution in [2.24, 2.45) is 23.2 Å². The summed E-state index contributed by atoms with van der Waals surface area (Å²) in [5.74, 6) is 1.50. The van der Waals surface area contributed by atoms with Gasteiger partial charge < -0.3 is 29.0 Å². The highest BCUT2D eigenvalue weighted by atomic mass is 16.6. The van der Waals surface area contributed by atoms with E-state index >= 15 is 0 Å². The monoisotopic (exact) mass is 549 g/mol. The van der Waals surface area contributed by atoms with E-state index in [0.717, 1.165) is 18.4 Å². The maximum absolute atomic E-state index is 12.9. The SMILES string of the molecule is COCCCOc1cc(CC(C[C@H](NC(=O)OC(C)(C)C)C2C[C@@H](C)C(=O)O2)(C(C)C)C(C)C)ccc1OC. The molecule has 1 aromatic rings. The lowest BCUT2D eigenvalue weighted by molar-refractivity contribution is -0.145. The first-order valence-electron chi connectivity index (χ1n) is 14.2. The Hall–Kier alpha value is -2.48. The average Bonchev–Trinajstić information content (AvgIpc) is 3.17. The van der Waals surface area contributed by atoms with Gasteiger partial charge in [-0.2, -0.15) is 0 Å². The molecule has 8 nitrogen and oxygen atoms in total. The summed E-state index contributed by atoms with van der Waals surface area (Å²) in [6.07, 6.45) is 1.81. The summed E-state index contributed by atoms with van der Waals surface area (Å²) in [6.45, 7) is 17.4. The van der Waals surface area contributed by atoms with Gasteiger partial charge in [-0.15, -0.1) is 0 Å². The summed E-state index contributed by atoms with van der Waals surface area (Å²) in [5.41, 5.74) is 0.261. The molecule has 0 saturated carbocycles. The van der Waals surface area contributed by atoms with Gasteiger partial charge in [-0.3, -0.25) is 4.79 Å². The number of carbonyl (C=O) groups is 2. The van der Waals surface area contributed by atoms with Crippen molar-refractivity contribution in [2.75, 3.05) is 27.4 Å². The van der Waals surface area contributed by atoms with Gasteiger partial charge in [-0.25, -0.2) is 4.79 Å². The van der Waals surface area contributed by atoms with Crippen LogP contribution >= 0.6 is 0 Å². The fraction of sp³-hybridized carbons (Fsp3) is 0.742. The molecule has 8 heteroatoms. The predicted molar refractivity (Wildman–Crippen MR) is 152 cm³/mol. The number of methoxy groups -OCH3 is 2. The van der Waals surface area contributed by atoms with Crippen LogP contribution in [0.3, 0.4) is 0 Å². The van der Waals surface area contributed by atoms with E-state index in [-0.39, 0.29) is 35.2 Å². The van der Waals surface area contributed by atoms with Gasteiger partial charge in [0.25, 0.3) is 0 Å². The average molecular weight is 550 g/mol. The molecule has 1 aromatic carbocycles. The van der Waals surface area contributed by atoms with E-state index in [2.05, 4.69) is 45.1 Å². The maximum atomic E-state index is 12.9. The van der Waals surface area contributed by atoms with Crippen LogP contribution in [-0.2, 0) is 25.4 Å². The highest BCUT2D eigenvalue weighted by molar-refractivity contribution is 5.74. The van der Waals surface area contributed by atoms with Gasteiger partial charge in [0, 0.05) is 20.1 Å². The second kappa shape index (κ2) is 14.2. The molecule has 0 aromatic heterocycles. The van der Waals surface area contributed by atoms with Crippen molar-refractivity contribution in [1.82, 2.24) is 5.32 Å². The van der Waals surface area contributed by atoms with Crippen LogP contribution in [0.1, 0.15) is 80.2 Å². The number of carbonyl (C=O) groups excluding carboxylic acids is 2. The van der Waals surface area contributed by atoms with Gasteiger partial charge in [0.05, 0.1) is 25.7 Å². The lowest BCUT2D eigenvalue weighted by Gasteiger charge is -2.45. The van der Waals surface area contributed by atoms with Crippen LogP contribution in [0.2, 0.25) is 0 Å². The number of benzene rings is 1. The first kappa shape index (κ1) is 32.7. The molecule has 0 bridgehead atoms. The number of alkyl carbamates (subject to hydrolysis) is 1. The first-order valence-corrected chi connectivity index (χ1v) is 14.2. The summed E-state index contributed by atoms with van der Waals surface area (Å²) in [4.78, 5) is 25.3. The molecule has 1 heterocycles. The van der Waals surface area contributed by atoms with Crippen LogP contribution in [0.5, 0.6) is 11.5 Å². The largest absolute Gasteiger partial charge is 0.493 e. The van der Waals surface area contributed by atoms with Gasteiger partial charge in [0.15, 0.2) is 11.5 Å². The van der Waals surface area contributed by atoms with Gasteiger partial charge in [-0.1, -0.05) is 40.7 Å². The second-order valence-electron chi connectivity index (χ2n) is 12.5. The lowest BCUT2D eigenvalue weighted by atomic mass is 9.61. The van der Waals surface area contributed by atoms with Crippen LogP contribution < -0.4 is 14.8 Å². The van der Waals surface area contributed by atoms with E-state index in [1.807, 2.05) is 33.8 Å². The number of hydrogen-bond donors (Lipinski definition) is 1. The Morgan fingerprint density at radius 2 is 1.74 bits per heavy atom. The maximum Gasteiger partial charge on any atom is 0.408 e. The molecule has 1 aliphatic rings. The van der Waals surface area contributed by atoms with Crippen LogP contribution in [0.25, 0.3) is 0 Å². The third kappa shape index (κ3) is 9.30. The Morgan fingerprint density at radius 1 is 1.08 bits per heavy atom. The number of amides is 1. The van der Waals surface area contributed by atoms with Crippen LogP contribution in [-0.4, -0.2) is 57.2 Å². The third-order valence-electron chi connectivity index (χ3n) is 7.82. The standard InChI is InChI=1S/C31H51NO7/c1-20(2)31(21(3)4,18-23-12-13-25(36-10)27(17-23)37-15-11-14-35-9)19-24(26-16-22(5)28(33)38-26)32-29(34)39-30(6,7)8/h12-13,17,20-22,24,26H,11,14-16,18-19H2,1-10H3,(H,32,34)/t22-,24+,26?/m1/s1. The van der Waals surface area contributed by atoms with Gasteiger partial charge in [0.2, 0.25) is 0 Å². The summed E-state index contributed by atoms with van der Waals surface area (Å²) >= 11 is 0. The quantitative estimate of drug-likeness (QED) is 0.219. The number of cyclic esters (lactones) is 1. The molecule has 1 fully saturated rings. The summed E-state index contributed by atoms with van der Waals surface area (Å²) in [6, 6.07) is 5.69. The molecule has 3 atom stereocenters. The Labute approximate surface area is 235 Å². The minimum absolute atomic E-state index is 0.204. The highest BCUT2D eigenvalue weighted by Crippen LogP contribution is 2.46. The molecule has 1 aliphatic heterocycles. The molecule has 39 heavy (non-hydrogen) atoms. The van der Waals surface area contributed by atoms with Crippen LogP contribution in [0.15, 0.2) is 18.2 Å². The Balaban J connectivity index is 2.41.